The van der Waals surface area contributed by atoms with Gasteiger partial charge in [0, 0.05) is 16.2 Å². The largest absolute Gasteiger partial charge is 0.300 e. The van der Waals surface area contributed by atoms with E-state index in [1.54, 1.807) is 12.1 Å². The van der Waals surface area contributed by atoms with Crippen molar-refractivity contribution in [1.29, 1.82) is 0 Å². The van der Waals surface area contributed by atoms with Crippen molar-refractivity contribution in [1.82, 2.24) is 5.32 Å². The van der Waals surface area contributed by atoms with Gasteiger partial charge in [-0.1, -0.05) is 57.0 Å². The molecule has 0 aliphatic carbocycles. The summed E-state index contributed by atoms with van der Waals surface area (Å²) in [5.74, 6) is 0.904. The van der Waals surface area contributed by atoms with Gasteiger partial charge in [-0.3, -0.25) is 5.32 Å². The van der Waals surface area contributed by atoms with Crippen LogP contribution in [0.4, 0.5) is 4.39 Å². The maximum atomic E-state index is 13.4. The molecule has 1 aliphatic rings. The van der Waals surface area contributed by atoms with E-state index in [4.69, 9.17) is 0 Å². The molecular formula is C21H26FNS. The lowest BCUT2D eigenvalue weighted by Gasteiger charge is -2.36. The van der Waals surface area contributed by atoms with Crippen molar-refractivity contribution < 1.29 is 4.39 Å². The van der Waals surface area contributed by atoms with E-state index in [-0.39, 0.29) is 17.4 Å². The zero-order valence-corrected chi connectivity index (χ0v) is 15.3. The van der Waals surface area contributed by atoms with Crippen molar-refractivity contribution in [2.45, 2.75) is 56.0 Å². The van der Waals surface area contributed by atoms with Crippen LogP contribution in [0.2, 0.25) is 0 Å². The van der Waals surface area contributed by atoms with Gasteiger partial charge in [-0.15, -0.1) is 11.8 Å². The van der Waals surface area contributed by atoms with E-state index in [1.165, 1.54) is 29.7 Å². The van der Waals surface area contributed by atoms with Gasteiger partial charge >= 0.3 is 0 Å². The molecule has 1 heterocycles. The first-order valence-electron chi connectivity index (χ1n) is 8.92. The predicted molar refractivity (Wildman–Crippen MR) is 101 cm³/mol. The lowest BCUT2D eigenvalue weighted by atomic mass is 9.88. The van der Waals surface area contributed by atoms with Crippen LogP contribution >= 0.6 is 11.8 Å². The number of hydrogen-bond acceptors (Lipinski definition) is 2. The van der Waals surface area contributed by atoms with Gasteiger partial charge in [-0.2, -0.15) is 0 Å². The molecule has 2 aromatic rings. The van der Waals surface area contributed by atoms with Gasteiger partial charge < -0.3 is 0 Å². The summed E-state index contributed by atoms with van der Waals surface area (Å²) in [5.41, 5.74) is 2.57. The molecule has 0 saturated heterocycles. The molecule has 1 nitrogen and oxygen atoms in total. The molecule has 0 fully saturated rings. The van der Waals surface area contributed by atoms with Crippen LogP contribution in [0.25, 0.3) is 0 Å². The topological polar surface area (TPSA) is 12.0 Å². The Kier molecular flexibility index (Phi) is 5.62. The maximum absolute atomic E-state index is 13.4. The molecule has 24 heavy (non-hydrogen) atoms. The molecule has 0 radical (unpaired) electrons. The highest BCUT2D eigenvalue weighted by atomic mass is 32.2. The predicted octanol–water partition coefficient (Wildman–Crippen LogP) is 5.95. The molecule has 0 unspecified atom stereocenters. The molecule has 128 valence electrons. The molecule has 2 aromatic carbocycles. The second-order valence-electron chi connectivity index (χ2n) is 6.69. The highest BCUT2D eigenvalue weighted by Crippen LogP contribution is 2.40. The summed E-state index contributed by atoms with van der Waals surface area (Å²) in [6.07, 6.45) is 4.72. The molecule has 0 saturated carbocycles. The molecule has 1 N–H and O–H groups in total. The quantitative estimate of drug-likeness (QED) is 0.720. The van der Waals surface area contributed by atoms with Crippen molar-refractivity contribution in [2.75, 3.05) is 5.75 Å². The van der Waals surface area contributed by atoms with Crippen LogP contribution in [0.3, 0.4) is 0 Å². The smallest absolute Gasteiger partial charge is 0.123 e. The first kappa shape index (κ1) is 17.5. The van der Waals surface area contributed by atoms with Crippen molar-refractivity contribution >= 4 is 11.8 Å². The Morgan fingerprint density at radius 2 is 1.88 bits per heavy atom. The highest BCUT2D eigenvalue weighted by molar-refractivity contribution is 7.99. The fourth-order valence-corrected chi connectivity index (χ4v) is 4.84. The third-order valence-corrected chi connectivity index (χ3v) is 6.45. The Hall–Kier alpha value is -1.32. The summed E-state index contributed by atoms with van der Waals surface area (Å²) in [6, 6.07) is 15.7. The van der Waals surface area contributed by atoms with Gasteiger partial charge in [-0.05, 0) is 42.2 Å². The van der Waals surface area contributed by atoms with Crippen molar-refractivity contribution in [3.8, 4) is 0 Å². The number of nitrogens with one attached hydrogen (secondary N) is 1. The Balaban J connectivity index is 2.02. The average molecular weight is 344 g/mol. The SMILES string of the molecule is CCCC[C@@]1(CC)CSc2ccccc2[C@@H](c2ccc(F)cc2)N1. The Labute approximate surface area is 149 Å². The second-order valence-corrected chi connectivity index (χ2v) is 7.71. The third kappa shape index (κ3) is 3.68. The van der Waals surface area contributed by atoms with Crippen LogP contribution in [0.15, 0.2) is 53.4 Å². The molecule has 0 aromatic heterocycles. The first-order valence-corrected chi connectivity index (χ1v) is 9.91. The van der Waals surface area contributed by atoms with E-state index in [0.717, 1.165) is 17.7 Å². The fourth-order valence-electron chi connectivity index (χ4n) is 3.45. The summed E-state index contributed by atoms with van der Waals surface area (Å²) in [6.45, 7) is 4.53. The van der Waals surface area contributed by atoms with Gasteiger partial charge in [0.2, 0.25) is 0 Å². The van der Waals surface area contributed by atoms with Crippen LogP contribution in [-0.2, 0) is 0 Å². The maximum Gasteiger partial charge on any atom is 0.123 e. The number of fused-ring (bicyclic) bond motifs is 1. The normalized spacial score (nSPS) is 23.5. The molecule has 3 rings (SSSR count). The van der Waals surface area contributed by atoms with Gasteiger partial charge in [0.05, 0.1) is 6.04 Å². The van der Waals surface area contributed by atoms with Gasteiger partial charge in [0.25, 0.3) is 0 Å². The van der Waals surface area contributed by atoms with Crippen molar-refractivity contribution in [3.63, 3.8) is 0 Å². The van der Waals surface area contributed by atoms with Gasteiger partial charge in [0.1, 0.15) is 5.82 Å². The summed E-state index contributed by atoms with van der Waals surface area (Å²) >= 11 is 1.96. The fraction of sp³-hybridized carbons (Fsp3) is 0.429. The lowest BCUT2D eigenvalue weighted by molar-refractivity contribution is 0.298. The number of benzene rings is 2. The number of hydrogen-bond donors (Lipinski definition) is 1. The molecule has 0 spiro atoms. The number of rotatable bonds is 5. The Morgan fingerprint density at radius 1 is 1.12 bits per heavy atom. The molecule has 1 aliphatic heterocycles. The Morgan fingerprint density at radius 3 is 2.58 bits per heavy atom. The Bertz CT molecular complexity index is 670. The van der Waals surface area contributed by atoms with Crippen LogP contribution in [0.5, 0.6) is 0 Å². The molecule has 3 heteroatoms. The van der Waals surface area contributed by atoms with E-state index >= 15 is 0 Å². The van der Waals surface area contributed by atoms with E-state index in [1.807, 2.05) is 23.9 Å². The number of halogens is 1. The molecule has 0 bridgehead atoms. The van der Waals surface area contributed by atoms with Crippen LogP contribution < -0.4 is 5.32 Å². The summed E-state index contributed by atoms with van der Waals surface area (Å²) in [7, 11) is 0. The second kappa shape index (κ2) is 7.71. The number of unbranched alkanes of at least 4 members (excludes halogenated alkanes) is 1. The third-order valence-electron chi connectivity index (χ3n) is 5.07. The average Bonchev–Trinajstić information content (AvgIpc) is 2.79. The van der Waals surface area contributed by atoms with Crippen LogP contribution in [0.1, 0.15) is 56.7 Å². The van der Waals surface area contributed by atoms with E-state index < -0.39 is 0 Å². The van der Waals surface area contributed by atoms with Gasteiger partial charge in [0.15, 0.2) is 0 Å². The van der Waals surface area contributed by atoms with E-state index in [9.17, 15) is 4.39 Å². The minimum Gasteiger partial charge on any atom is -0.300 e. The molecule has 0 amide bonds. The standard InChI is InChI=1S/C21H26FNS/c1-3-5-14-21(4-2)15-24-19-9-7-6-8-18(19)20(23-21)16-10-12-17(22)13-11-16/h6-13,20,23H,3-5,14-15H2,1-2H3/t20-,21+/m1/s1. The van der Waals surface area contributed by atoms with Crippen LogP contribution in [0, 0.1) is 5.82 Å². The summed E-state index contributed by atoms with van der Waals surface area (Å²) in [5, 5.41) is 3.96. The first-order chi connectivity index (χ1) is 11.7. The summed E-state index contributed by atoms with van der Waals surface area (Å²) < 4.78 is 13.4. The molecular weight excluding hydrogens is 317 g/mol. The van der Waals surface area contributed by atoms with Gasteiger partial charge in [-0.25, -0.2) is 4.39 Å². The molecule has 2 atom stereocenters. The summed E-state index contributed by atoms with van der Waals surface area (Å²) in [4.78, 5) is 1.34. The minimum absolute atomic E-state index is 0.119. The van der Waals surface area contributed by atoms with Crippen molar-refractivity contribution in [3.05, 3.63) is 65.5 Å². The highest BCUT2D eigenvalue weighted by Gasteiger charge is 2.35. The zero-order chi connectivity index (χ0) is 17.0. The zero-order valence-electron chi connectivity index (χ0n) is 14.5. The minimum atomic E-state index is -0.178. The van der Waals surface area contributed by atoms with E-state index in [0.29, 0.717) is 0 Å². The van der Waals surface area contributed by atoms with Crippen LogP contribution in [-0.4, -0.2) is 11.3 Å². The lowest BCUT2D eigenvalue weighted by Crippen LogP contribution is -2.48. The number of thioether (sulfide) groups is 1. The monoisotopic (exact) mass is 343 g/mol. The van der Waals surface area contributed by atoms with E-state index in [2.05, 4.69) is 43.4 Å². The van der Waals surface area contributed by atoms with Crippen molar-refractivity contribution in [2.24, 2.45) is 0 Å².